The molecule has 136 valence electrons. The molecule has 6 nitrogen and oxygen atoms in total. The third-order valence-corrected chi connectivity index (χ3v) is 5.34. The molecule has 1 atom stereocenters. The number of rotatable bonds is 0. The summed E-state index contributed by atoms with van der Waals surface area (Å²) in [5.41, 5.74) is -0.0540. The quantitative estimate of drug-likeness (QED) is 0.481. The van der Waals surface area contributed by atoms with Crippen molar-refractivity contribution in [2.45, 2.75) is 32.6 Å². The maximum absolute atomic E-state index is 14.6. The van der Waals surface area contributed by atoms with Crippen molar-refractivity contribution in [3.63, 3.8) is 0 Å². The van der Waals surface area contributed by atoms with Gasteiger partial charge in [-0.05, 0) is 37.6 Å². The van der Waals surface area contributed by atoms with Crippen molar-refractivity contribution in [3.05, 3.63) is 62.7 Å². The monoisotopic (exact) mass is 368 g/mol. The fourth-order valence-electron chi connectivity index (χ4n) is 3.77. The summed E-state index contributed by atoms with van der Waals surface area (Å²) in [6.45, 7) is 2.74. The van der Waals surface area contributed by atoms with E-state index in [4.69, 9.17) is 6.11 Å². The van der Waals surface area contributed by atoms with E-state index in [9.17, 15) is 19.1 Å². The van der Waals surface area contributed by atoms with Gasteiger partial charge in [0.05, 0.1) is 30.4 Å². The van der Waals surface area contributed by atoms with Crippen LogP contribution in [0.3, 0.4) is 0 Å². The first-order valence-electron chi connectivity index (χ1n) is 8.97. The van der Waals surface area contributed by atoms with E-state index in [0.717, 1.165) is 0 Å². The number of aliphatic hydroxyl groups is 1. The molecule has 0 radical (unpaired) electrons. The van der Waals surface area contributed by atoms with Crippen LogP contribution in [0, 0.1) is 12.7 Å². The van der Waals surface area contributed by atoms with Crippen LogP contribution >= 0.6 is 0 Å². The number of pyridine rings is 2. The van der Waals surface area contributed by atoms with E-state index in [1.807, 2.05) is 0 Å². The Morgan fingerprint density at radius 2 is 2.19 bits per heavy atom. The minimum absolute atomic E-state index is 0.0126. The molecule has 5 rings (SSSR count). The summed E-state index contributed by atoms with van der Waals surface area (Å²) >= 11 is 0. The molecule has 0 fully saturated rings. The standard InChI is InChI=1S/C20H15FN2O4/c1-9-3-4-14-11(16(9)21)5-10-7-23-15(17(10)22-14)6-13-12(18(23)24)8-27-19(25)20(13,2)26/h3-6,26H,7-8H2,1-2H3/t20-/m0/s1/i5T. The van der Waals surface area contributed by atoms with Crippen LogP contribution in [-0.2, 0) is 28.3 Å². The molecule has 0 spiro atoms. The van der Waals surface area contributed by atoms with Gasteiger partial charge >= 0.3 is 5.97 Å². The first-order valence-corrected chi connectivity index (χ1v) is 8.47. The molecule has 4 heterocycles. The van der Waals surface area contributed by atoms with Gasteiger partial charge in [-0.25, -0.2) is 14.2 Å². The van der Waals surface area contributed by atoms with Crippen LogP contribution in [-0.4, -0.2) is 20.6 Å². The number of ether oxygens (including phenoxy) is 1. The minimum Gasteiger partial charge on any atom is -0.458 e. The Hall–Kier alpha value is -3.06. The van der Waals surface area contributed by atoms with Crippen molar-refractivity contribution in [1.29, 1.82) is 0 Å². The second kappa shape index (κ2) is 5.01. The van der Waals surface area contributed by atoms with Gasteiger partial charge in [-0.15, -0.1) is 0 Å². The Bertz CT molecular complexity index is 1300. The van der Waals surface area contributed by atoms with Gasteiger partial charge in [-0.3, -0.25) is 4.79 Å². The number of nitrogens with zero attached hydrogens (tertiary/aromatic N) is 2. The molecular weight excluding hydrogens is 351 g/mol. The molecule has 2 aliphatic rings. The molecule has 0 saturated carbocycles. The molecule has 0 saturated heterocycles. The van der Waals surface area contributed by atoms with Crippen molar-refractivity contribution in [1.82, 2.24) is 9.55 Å². The second-order valence-corrected chi connectivity index (χ2v) is 7.12. The third kappa shape index (κ3) is 2.00. The van der Waals surface area contributed by atoms with E-state index in [-0.39, 0.29) is 35.7 Å². The van der Waals surface area contributed by atoms with E-state index in [1.165, 1.54) is 11.5 Å². The topological polar surface area (TPSA) is 81.4 Å². The molecule has 27 heavy (non-hydrogen) atoms. The van der Waals surface area contributed by atoms with Gasteiger partial charge in [0.2, 0.25) is 0 Å². The van der Waals surface area contributed by atoms with E-state index in [0.29, 0.717) is 28.0 Å². The predicted molar refractivity (Wildman–Crippen MR) is 94.6 cm³/mol. The first-order chi connectivity index (χ1) is 13.2. The van der Waals surface area contributed by atoms with E-state index < -0.39 is 22.9 Å². The lowest BCUT2D eigenvalue weighted by Crippen LogP contribution is -2.42. The summed E-state index contributed by atoms with van der Waals surface area (Å²) in [4.78, 5) is 29.5. The highest BCUT2D eigenvalue weighted by Crippen LogP contribution is 2.37. The van der Waals surface area contributed by atoms with E-state index >= 15 is 0 Å². The number of aryl methyl sites for hydroxylation is 1. The van der Waals surface area contributed by atoms with Crippen LogP contribution in [0.25, 0.3) is 22.3 Å². The highest BCUT2D eigenvalue weighted by molar-refractivity contribution is 5.86. The van der Waals surface area contributed by atoms with Gasteiger partial charge in [0.25, 0.3) is 5.56 Å². The van der Waals surface area contributed by atoms with Crippen molar-refractivity contribution in [3.8, 4) is 11.4 Å². The van der Waals surface area contributed by atoms with Gasteiger partial charge in [0, 0.05) is 16.5 Å². The van der Waals surface area contributed by atoms with Crippen molar-refractivity contribution in [2.75, 3.05) is 0 Å². The van der Waals surface area contributed by atoms with Gasteiger partial charge < -0.3 is 14.4 Å². The molecule has 0 aliphatic carbocycles. The zero-order chi connectivity index (χ0) is 20.0. The number of benzene rings is 1. The maximum Gasteiger partial charge on any atom is 0.342 e. The van der Waals surface area contributed by atoms with Gasteiger partial charge in [0.1, 0.15) is 12.4 Å². The Labute approximate surface area is 154 Å². The van der Waals surface area contributed by atoms with Crippen LogP contribution in [0.1, 0.15) is 30.5 Å². The zero-order valence-electron chi connectivity index (χ0n) is 15.6. The molecule has 1 N–H and O–H groups in total. The SMILES string of the molecule is [3H]c1c2c(nc3ccc(C)c(F)c13)-c1cc3c(c(=O)n1C2)COC(=O)[C@@]3(C)O. The Kier molecular flexibility index (Phi) is 2.79. The number of halogens is 1. The molecule has 1 aromatic carbocycles. The lowest BCUT2D eigenvalue weighted by atomic mass is 9.90. The molecule has 0 bridgehead atoms. The molecular formula is C20H15FN2O4. The number of carbonyl (C=O) groups is 1. The molecule has 0 unspecified atom stereocenters. The Morgan fingerprint density at radius 3 is 2.96 bits per heavy atom. The summed E-state index contributed by atoms with van der Waals surface area (Å²) in [6.07, 6.45) is 0. The van der Waals surface area contributed by atoms with Crippen LogP contribution in [0.2, 0.25) is 0 Å². The average molecular weight is 368 g/mol. The first kappa shape index (κ1) is 15.0. The predicted octanol–water partition coefficient (Wildman–Crippen LogP) is 2.14. The van der Waals surface area contributed by atoms with Gasteiger partial charge in [-0.2, -0.15) is 0 Å². The molecule has 2 aromatic heterocycles. The normalized spacial score (nSPS) is 20.7. The lowest BCUT2D eigenvalue weighted by Gasteiger charge is -2.29. The van der Waals surface area contributed by atoms with Crippen LogP contribution in [0.15, 0.2) is 29.0 Å². The van der Waals surface area contributed by atoms with Crippen LogP contribution < -0.4 is 5.56 Å². The third-order valence-electron chi connectivity index (χ3n) is 5.34. The number of fused-ring (bicyclic) bond motifs is 5. The summed E-state index contributed by atoms with van der Waals surface area (Å²) in [5.74, 6) is -1.32. The second-order valence-electron chi connectivity index (χ2n) is 7.12. The number of hydrogen-bond donors (Lipinski definition) is 1. The van der Waals surface area contributed by atoms with Crippen molar-refractivity contribution in [2.24, 2.45) is 0 Å². The maximum atomic E-state index is 14.6. The Morgan fingerprint density at radius 1 is 1.41 bits per heavy atom. The average Bonchev–Trinajstić information content (AvgIpc) is 3.02. The summed E-state index contributed by atoms with van der Waals surface area (Å²) in [5, 5.41) is 10.7. The van der Waals surface area contributed by atoms with E-state index in [2.05, 4.69) is 4.98 Å². The van der Waals surface area contributed by atoms with Gasteiger partial charge in [-0.1, -0.05) is 6.07 Å². The number of esters is 1. The molecule has 2 aliphatic heterocycles. The molecule has 7 heteroatoms. The fourth-order valence-corrected chi connectivity index (χ4v) is 3.77. The number of cyclic esters (lactones) is 1. The van der Waals surface area contributed by atoms with Gasteiger partial charge in [0.15, 0.2) is 5.60 Å². The summed E-state index contributed by atoms with van der Waals surface area (Å²) < 4.78 is 29.5. The van der Waals surface area contributed by atoms with E-state index in [1.54, 1.807) is 25.1 Å². The fraction of sp³-hybridized carbons (Fsp3) is 0.250. The lowest BCUT2D eigenvalue weighted by molar-refractivity contribution is -0.169. The highest BCUT2D eigenvalue weighted by atomic mass is 19.1. The largest absolute Gasteiger partial charge is 0.458 e. The smallest absolute Gasteiger partial charge is 0.342 e. The number of carbonyl (C=O) groups excluding carboxylic acids is 1. The highest BCUT2D eigenvalue weighted by Gasteiger charge is 2.42. The van der Waals surface area contributed by atoms with Crippen molar-refractivity contribution >= 4 is 16.9 Å². The van der Waals surface area contributed by atoms with Crippen LogP contribution in [0.4, 0.5) is 4.39 Å². The molecule has 0 amide bonds. The van der Waals surface area contributed by atoms with Crippen molar-refractivity contribution < 1.29 is 20.4 Å². The minimum atomic E-state index is -1.95. The molecule has 3 aromatic rings. The Balaban J connectivity index is 1.85. The number of aromatic nitrogens is 2. The number of hydrogen-bond acceptors (Lipinski definition) is 5. The van der Waals surface area contributed by atoms with Crippen LogP contribution in [0.5, 0.6) is 0 Å². The summed E-state index contributed by atoms with van der Waals surface area (Å²) in [7, 11) is 0. The zero-order valence-corrected chi connectivity index (χ0v) is 14.6. The summed E-state index contributed by atoms with van der Waals surface area (Å²) in [6, 6.07) is 4.76.